The van der Waals surface area contributed by atoms with Crippen LogP contribution in [-0.4, -0.2) is 62.7 Å². The molecule has 1 aromatic heterocycles. The van der Waals surface area contributed by atoms with Crippen molar-refractivity contribution in [1.29, 1.82) is 0 Å². The van der Waals surface area contributed by atoms with Crippen LogP contribution < -0.4 is 0 Å². The Hall–Kier alpha value is -1.33. The molecule has 0 radical (unpaired) electrons. The van der Waals surface area contributed by atoms with E-state index in [4.69, 9.17) is 9.15 Å². The van der Waals surface area contributed by atoms with Crippen LogP contribution in [0, 0.1) is 11.3 Å². The number of furan rings is 1. The molecule has 0 unspecified atom stereocenters. The summed E-state index contributed by atoms with van der Waals surface area (Å²) in [5, 5.41) is 0. The second-order valence-corrected chi connectivity index (χ2v) is 6.85. The lowest BCUT2D eigenvalue weighted by atomic mass is 9.71. The molecule has 0 saturated carbocycles. The second-order valence-electron chi connectivity index (χ2n) is 6.85. The Morgan fingerprint density at radius 1 is 1.45 bits per heavy atom. The van der Waals surface area contributed by atoms with Gasteiger partial charge in [-0.2, -0.15) is 0 Å². The van der Waals surface area contributed by atoms with Crippen molar-refractivity contribution in [2.45, 2.75) is 19.3 Å². The molecule has 1 aromatic rings. The molecule has 2 aliphatic rings. The quantitative estimate of drug-likeness (QED) is 0.848. The smallest absolute Gasteiger partial charge is 0.230 e. The van der Waals surface area contributed by atoms with Crippen molar-refractivity contribution >= 4 is 5.91 Å². The monoisotopic (exact) mass is 306 g/mol. The van der Waals surface area contributed by atoms with Crippen LogP contribution in [0.3, 0.4) is 0 Å². The van der Waals surface area contributed by atoms with E-state index < -0.39 is 0 Å². The Morgan fingerprint density at radius 2 is 2.23 bits per heavy atom. The lowest BCUT2D eigenvalue weighted by Crippen LogP contribution is -2.47. The molecular weight excluding hydrogens is 280 g/mol. The highest BCUT2D eigenvalue weighted by Crippen LogP contribution is 2.44. The number of hydrogen-bond donors (Lipinski definition) is 0. The number of likely N-dealkylation sites (tertiary alicyclic amines) is 2. The topological polar surface area (TPSA) is 45.9 Å². The van der Waals surface area contributed by atoms with E-state index in [1.54, 1.807) is 13.4 Å². The van der Waals surface area contributed by atoms with Gasteiger partial charge in [-0.3, -0.25) is 4.79 Å². The predicted octanol–water partition coefficient (Wildman–Crippen LogP) is 1.64. The standard InChI is InChI=1S/C17H26N2O3/c1-18-11-14(12-21-2)17(13-18)5-7-19(8-6-17)16(20)10-15-4-3-9-22-15/h3-4,9,14H,5-8,10-13H2,1-2H3/t14-/m0/s1. The van der Waals surface area contributed by atoms with E-state index in [2.05, 4.69) is 11.9 Å². The first kappa shape index (κ1) is 15.6. The molecule has 1 spiro atoms. The molecular formula is C17H26N2O3. The zero-order valence-electron chi connectivity index (χ0n) is 13.6. The number of ether oxygens (including phenoxy) is 1. The van der Waals surface area contributed by atoms with Crippen molar-refractivity contribution in [2.24, 2.45) is 11.3 Å². The number of hydrogen-bond acceptors (Lipinski definition) is 4. The van der Waals surface area contributed by atoms with Crippen LogP contribution in [-0.2, 0) is 16.0 Å². The van der Waals surface area contributed by atoms with Gasteiger partial charge in [0.1, 0.15) is 5.76 Å². The summed E-state index contributed by atoms with van der Waals surface area (Å²) in [5.74, 6) is 1.52. The summed E-state index contributed by atoms with van der Waals surface area (Å²) in [4.78, 5) is 16.8. The van der Waals surface area contributed by atoms with Gasteiger partial charge in [0.05, 0.1) is 19.3 Å². The Bertz CT molecular complexity index is 492. The third-order valence-electron chi connectivity index (χ3n) is 5.37. The molecule has 0 aliphatic carbocycles. The van der Waals surface area contributed by atoms with Crippen LogP contribution in [0.25, 0.3) is 0 Å². The first-order valence-corrected chi connectivity index (χ1v) is 8.10. The molecule has 2 fully saturated rings. The third kappa shape index (κ3) is 3.06. The number of rotatable bonds is 4. The van der Waals surface area contributed by atoms with Crippen molar-refractivity contribution in [3.63, 3.8) is 0 Å². The van der Waals surface area contributed by atoms with Crippen LogP contribution in [0.2, 0.25) is 0 Å². The average Bonchev–Trinajstić information content (AvgIpc) is 3.09. The minimum Gasteiger partial charge on any atom is -0.469 e. The zero-order chi connectivity index (χ0) is 15.6. The summed E-state index contributed by atoms with van der Waals surface area (Å²) in [6.45, 7) is 4.77. The summed E-state index contributed by atoms with van der Waals surface area (Å²) in [5.41, 5.74) is 0.326. The Labute approximate surface area is 132 Å². The molecule has 3 rings (SSSR count). The molecule has 1 amide bonds. The average molecular weight is 306 g/mol. The highest BCUT2D eigenvalue weighted by Gasteiger charge is 2.47. The highest BCUT2D eigenvalue weighted by molar-refractivity contribution is 5.78. The molecule has 0 bridgehead atoms. The summed E-state index contributed by atoms with van der Waals surface area (Å²) < 4.78 is 10.7. The Balaban J connectivity index is 1.58. The van der Waals surface area contributed by atoms with Crippen molar-refractivity contribution in [2.75, 3.05) is 46.9 Å². The molecule has 2 aliphatic heterocycles. The summed E-state index contributed by atoms with van der Waals surface area (Å²) in [6.07, 6.45) is 4.16. The highest BCUT2D eigenvalue weighted by atomic mass is 16.5. The van der Waals surface area contributed by atoms with Gasteiger partial charge in [-0.25, -0.2) is 0 Å². The summed E-state index contributed by atoms with van der Waals surface area (Å²) in [7, 11) is 3.97. The normalized spacial score (nSPS) is 25.0. The number of methoxy groups -OCH3 is 1. The molecule has 22 heavy (non-hydrogen) atoms. The molecule has 0 N–H and O–H groups in total. The first-order valence-electron chi connectivity index (χ1n) is 8.10. The summed E-state index contributed by atoms with van der Waals surface area (Å²) >= 11 is 0. The Kier molecular flexibility index (Phi) is 4.54. The van der Waals surface area contributed by atoms with Crippen LogP contribution >= 0.6 is 0 Å². The minimum atomic E-state index is 0.180. The van der Waals surface area contributed by atoms with Gasteiger partial charge >= 0.3 is 0 Å². The van der Waals surface area contributed by atoms with Crippen molar-refractivity contribution < 1.29 is 13.9 Å². The fourth-order valence-electron chi connectivity index (χ4n) is 4.17. The van der Waals surface area contributed by atoms with Gasteiger partial charge in [0.25, 0.3) is 0 Å². The maximum absolute atomic E-state index is 12.4. The van der Waals surface area contributed by atoms with Crippen LogP contribution in [0.4, 0.5) is 0 Å². The molecule has 2 saturated heterocycles. The van der Waals surface area contributed by atoms with E-state index in [1.807, 2.05) is 17.0 Å². The van der Waals surface area contributed by atoms with Gasteiger partial charge in [-0.1, -0.05) is 0 Å². The van der Waals surface area contributed by atoms with Gasteiger partial charge in [0.15, 0.2) is 0 Å². The van der Waals surface area contributed by atoms with Crippen LogP contribution in [0.1, 0.15) is 18.6 Å². The lowest BCUT2D eigenvalue weighted by Gasteiger charge is -2.42. The third-order valence-corrected chi connectivity index (χ3v) is 5.37. The SMILES string of the molecule is COC[C@@H]1CN(C)CC12CCN(C(=O)Cc1ccco1)CC2. The fraction of sp³-hybridized carbons (Fsp3) is 0.706. The lowest BCUT2D eigenvalue weighted by molar-refractivity contribution is -0.133. The maximum atomic E-state index is 12.4. The molecule has 0 aromatic carbocycles. The van der Waals surface area contributed by atoms with Gasteiger partial charge < -0.3 is 19.0 Å². The van der Waals surface area contributed by atoms with Gasteiger partial charge in [-0.05, 0) is 37.4 Å². The van der Waals surface area contributed by atoms with E-state index >= 15 is 0 Å². The van der Waals surface area contributed by atoms with Crippen LogP contribution in [0.5, 0.6) is 0 Å². The predicted molar refractivity (Wildman–Crippen MR) is 83.5 cm³/mol. The molecule has 3 heterocycles. The number of carbonyl (C=O) groups excluding carboxylic acids is 1. The van der Waals surface area contributed by atoms with Crippen molar-refractivity contribution in [1.82, 2.24) is 9.80 Å². The van der Waals surface area contributed by atoms with Crippen LogP contribution in [0.15, 0.2) is 22.8 Å². The van der Waals surface area contributed by atoms with Crippen molar-refractivity contribution in [3.8, 4) is 0 Å². The molecule has 122 valence electrons. The number of nitrogens with zero attached hydrogens (tertiary/aromatic N) is 2. The maximum Gasteiger partial charge on any atom is 0.230 e. The van der Waals surface area contributed by atoms with E-state index in [0.29, 0.717) is 17.8 Å². The van der Waals surface area contributed by atoms with E-state index in [-0.39, 0.29) is 5.91 Å². The first-order chi connectivity index (χ1) is 10.6. The number of piperidine rings is 1. The van der Waals surface area contributed by atoms with E-state index in [1.165, 1.54) is 0 Å². The molecule has 5 heteroatoms. The van der Waals surface area contributed by atoms with Crippen molar-refractivity contribution in [3.05, 3.63) is 24.2 Å². The van der Waals surface area contributed by atoms with Gasteiger partial charge in [0.2, 0.25) is 5.91 Å². The van der Waals surface area contributed by atoms with E-state index in [0.717, 1.165) is 51.4 Å². The zero-order valence-corrected chi connectivity index (χ0v) is 13.6. The fourth-order valence-corrected chi connectivity index (χ4v) is 4.17. The Morgan fingerprint density at radius 3 is 2.86 bits per heavy atom. The molecule has 5 nitrogen and oxygen atoms in total. The van der Waals surface area contributed by atoms with E-state index in [9.17, 15) is 4.79 Å². The number of amides is 1. The molecule has 1 atom stereocenters. The van der Waals surface area contributed by atoms with Gasteiger partial charge in [0, 0.05) is 39.2 Å². The number of carbonyl (C=O) groups is 1. The summed E-state index contributed by atoms with van der Waals surface area (Å²) in [6, 6.07) is 3.70. The largest absolute Gasteiger partial charge is 0.469 e. The minimum absolute atomic E-state index is 0.180. The second kappa shape index (κ2) is 6.42. The van der Waals surface area contributed by atoms with Gasteiger partial charge in [-0.15, -0.1) is 0 Å².